The lowest BCUT2D eigenvalue weighted by atomic mass is 10.1. The lowest BCUT2D eigenvalue weighted by Gasteiger charge is -2.18. The SMILES string of the molecule is Cc1cccc(F)c1NC(C)Cc1ccccc1F. The minimum absolute atomic E-state index is 0.0486. The number of hydrogen-bond donors (Lipinski definition) is 1. The Hall–Kier alpha value is -1.90. The fourth-order valence-electron chi connectivity index (χ4n) is 2.11. The summed E-state index contributed by atoms with van der Waals surface area (Å²) in [6.07, 6.45) is 0.514. The second-order valence-corrected chi connectivity index (χ2v) is 4.77. The quantitative estimate of drug-likeness (QED) is 0.864. The fraction of sp³-hybridized carbons (Fsp3) is 0.250. The van der Waals surface area contributed by atoms with Crippen molar-refractivity contribution in [1.29, 1.82) is 0 Å². The van der Waals surface area contributed by atoms with Gasteiger partial charge in [-0.25, -0.2) is 8.78 Å². The molecule has 0 heterocycles. The van der Waals surface area contributed by atoms with E-state index in [4.69, 9.17) is 0 Å². The van der Waals surface area contributed by atoms with E-state index in [1.807, 2.05) is 19.9 Å². The van der Waals surface area contributed by atoms with Crippen LogP contribution in [0.1, 0.15) is 18.1 Å². The zero-order valence-electron chi connectivity index (χ0n) is 11.1. The van der Waals surface area contributed by atoms with Gasteiger partial charge in [0.15, 0.2) is 0 Å². The predicted octanol–water partition coefficient (Wildman–Crippen LogP) is 4.32. The lowest BCUT2D eigenvalue weighted by molar-refractivity contribution is 0.598. The van der Waals surface area contributed by atoms with Crippen molar-refractivity contribution in [2.75, 3.05) is 5.32 Å². The molecule has 2 aromatic rings. The van der Waals surface area contributed by atoms with E-state index in [0.29, 0.717) is 17.7 Å². The van der Waals surface area contributed by atoms with Crippen molar-refractivity contribution in [3.63, 3.8) is 0 Å². The van der Waals surface area contributed by atoms with Gasteiger partial charge in [-0.2, -0.15) is 0 Å². The molecule has 0 saturated carbocycles. The van der Waals surface area contributed by atoms with E-state index < -0.39 is 0 Å². The van der Waals surface area contributed by atoms with Crippen LogP contribution in [0.4, 0.5) is 14.5 Å². The van der Waals surface area contributed by atoms with Gasteiger partial charge >= 0.3 is 0 Å². The first-order valence-electron chi connectivity index (χ1n) is 6.33. The first-order chi connectivity index (χ1) is 9.08. The maximum atomic E-state index is 13.7. The third kappa shape index (κ3) is 3.31. The number of benzene rings is 2. The van der Waals surface area contributed by atoms with Crippen molar-refractivity contribution in [1.82, 2.24) is 0 Å². The number of halogens is 2. The lowest BCUT2D eigenvalue weighted by Crippen LogP contribution is -2.20. The molecular formula is C16H17F2N. The van der Waals surface area contributed by atoms with E-state index in [2.05, 4.69) is 5.32 Å². The molecule has 2 aromatic carbocycles. The van der Waals surface area contributed by atoms with Crippen LogP contribution in [0, 0.1) is 18.6 Å². The molecule has 0 spiro atoms. The standard InChI is InChI=1S/C16H17F2N/c1-11-6-5-9-15(18)16(11)19-12(2)10-13-7-3-4-8-14(13)17/h3-9,12,19H,10H2,1-2H3. The van der Waals surface area contributed by atoms with Crippen molar-refractivity contribution in [3.05, 3.63) is 65.2 Å². The highest BCUT2D eigenvalue weighted by Gasteiger charge is 2.11. The molecule has 1 nitrogen and oxygen atoms in total. The molecule has 2 rings (SSSR count). The minimum atomic E-state index is -0.277. The van der Waals surface area contributed by atoms with Gasteiger partial charge in [-0.3, -0.25) is 0 Å². The minimum Gasteiger partial charge on any atom is -0.380 e. The van der Waals surface area contributed by atoms with Gasteiger partial charge in [-0.1, -0.05) is 30.3 Å². The second kappa shape index (κ2) is 5.83. The number of hydrogen-bond acceptors (Lipinski definition) is 1. The third-order valence-electron chi connectivity index (χ3n) is 3.10. The molecule has 0 saturated heterocycles. The van der Waals surface area contributed by atoms with E-state index in [-0.39, 0.29) is 17.7 Å². The summed E-state index contributed by atoms with van der Waals surface area (Å²) in [7, 11) is 0. The number of rotatable bonds is 4. The van der Waals surface area contributed by atoms with Crippen LogP contribution in [0.15, 0.2) is 42.5 Å². The topological polar surface area (TPSA) is 12.0 Å². The fourth-order valence-corrected chi connectivity index (χ4v) is 2.11. The van der Waals surface area contributed by atoms with Gasteiger partial charge in [0.1, 0.15) is 11.6 Å². The van der Waals surface area contributed by atoms with E-state index in [1.54, 1.807) is 24.3 Å². The molecule has 0 amide bonds. The van der Waals surface area contributed by atoms with Crippen molar-refractivity contribution in [2.24, 2.45) is 0 Å². The molecule has 0 bridgehead atoms. The van der Waals surface area contributed by atoms with Crippen LogP contribution in [0.2, 0.25) is 0 Å². The highest BCUT2D eigenvalue weighted by Crippen LogP contribution is 2.20. The molecule has 100 valence electrons. The van der Waals surface area contributed by atoms with E-state index in [1.165, 1.54) is 12.1 Å². The van der Waals surface area contributed by atoms with Gasteiger partial charge in [-0.15, -0.1) is 0 Å². The van der Waals surface area contributed by atoms with Crippen molar-refractivity contribution in [2.45, 2.75) is 26.3 Å². The Balaban J connectivity index is 2.10. The third-order valence-corrected chi connectivity index (χ3v) is 3.10. The van der Waals surface area contributed by atoms with Crippen LogP contribution in [-0.2, 0) is 6.42 Å². The summed E-state index contributed by atoms with van der Waals surface area (Å²) in [5.41, 5.74) is 1.98. The molecule has 3 heteroatoms. The Morgan fingerprint density at radius 3 is 2.37 bits per heavy atom. The summed E-state index contributed by atoms with van der Waals surface area (Å²) in [6, 6.07) is 11.6. The summed E-state index contributed by atoms with van der Waals surface area (Å²) >= 11 is 0. The van der Waals surface area contributed by atoms with Crippen LogP contribution in [0.3, 0.4) is 0 Å². The Kier molecular flexibility index (Phi) is 4.15. The molecule has 0 aromatic heterocycles. The van der Waals surface area contributed by atoms with Gasteiger partial charge < -0.3 is 5.32 Å². The number of para-hydroxylation sites is 1. The van der Waals surface area contributed by atoms with Crippen molar-refractivity contribution < 1.29 is 8.78 Å². The van der Waals surface area contributed by atoms with Crippen LogP contribution < -0.4 is 5.32 Å². The van der Waals surface area contributed by atoms with Crippen LogP contribution in [0.5, 0.6) is 0 Å². The first kappa shape index (κ1) is 13.5. The smallest absolute Gasteiger partial charge is 0.146 e. The summed E-state index contributed by atoms with van der Waals surface area (Å²) in [5.74, 6) is -0.498. The zero-order valence-corrected chi connectivity index (χ0v) is 11.1. The van der Waals surface area contributed by atoms with E-state index in [9.17, 15) is 8.78 Å². The largest absolute Gasteiger partial charge is 0.380 e. The van der Waals surface area contributed by atoms with Gasteiger partial charge in [0.25, 0.3) is 0 Å². The molecule has 19 heavy (non-hydrogen) atoms. The number of aryl methyl sites for hydroxylation is 1. The average Bonchev–Trinajstić information content (AvgIpc) is 2.37. The first-order valence-corrected chi connectivity index (χ1v) is 6.33. The molecule has 0 fully saturated rings. The molecule has 0 radical (unpaired) electrons. The van der Waals surface area contributed by atoms with Gasteiger partial charge in [-0.05, 0) is 43.5 Å². The van der Waals surface area contributed by atoms with E-state index >= 15 is 0 Å². The molecular weight excluding hydrogens is 244 g/mol. The summed E-state index contributed by atoms with van der Waals surface area (Å²) in [6.45, 7) is 3.76. The normalized spacial score (nSPS) is 12.2. The summed E-state index contributed by atoms with van der Waals surface area (Å²) in [4.78, 5) is 0. The monoisotopic (exact) mass is 261 g/mol. The number of anilines is 1. The molecule has 1 N–H and O–H groups in total. The van der Waals surface area contributed by atoms with E-state index in [0.717, 1.165) is 5.56 Å². The van der Waals surface area contributed by atoms with Crippen molar-refractivity contribution >= 4 is 5.69 Å². The Bertz CT molecular complexity index is 546. The van der Waals surface area contributed by atoms with Crippen LogP contribution >= 0.6 is 0 Å². The average molecular weight is 261 g/mol. The van der Waals surface area contributed by atoms with Gasteiger partial charge in [0.05, 0.1) is 5.69 Å². The highest BCUT2D eigenvalue weighted by atomic mass is 19.1. The Morgan fingerprint density at radius 2 is 1.68 bits per heavy atom. The molecule has 0 aliphatic rings. The molecule has 0 aliphatic heterocycles. The predicted molar refractivity (Wildman–Crippen MR) is 74.3 cm³/mol. The highest BCUT2D eigenvalue weighted by molar-refractivity contribution is 5.52. The maximum Gasteiger partial charge on any atom is 0.146 e. The van der Waals surface area contributed by atoms with Crippen LogP contribution in [-0.4, -0.2) is 6.04 Å². The summed E-state index contributed by atoms with van der Waals surface area (Å²) < 4.78 is 27.2. The zero-order chi connectivity index (χ0) is 13.8. The molecule has 0 aliphatic carbocycles. The Labute approximate surface area is 112 Å². The van der Waals surface area contributed by atoms with Gasteiger partial charge in [0.2, 0.25) is 0 Å². The van der Waals surface area contributed by atoms with Crippen LogP contribution in [0.25, 0.3) is 0 Å². The number of nitrogens with one attached hydrogen (secondary N) is 1. The molecule has 1 unspecified atom stereocenters. The summed E-state index contributed by atoms with van der Waals surface area (Å²) in [5, 5.41) is 3.11. The second-order valence-electron chi connectivity index (χ2n) is 4.77. The Morgan fingerprint density at radius 1 is 1.00 bits per heavy atom. The van der Waals surface area contributed by atoms with Gasteiger partial charge in [0, 0.05) is 6.04 Å². The van der Waals surface area contributed by atoms with Crippen molar-refractivity contribution in [3.8, 4) is 0 Å². The molecule has 1 atom stereocenters. The maximum absolute atomic E-state index is 13.7.